The molecule has 0 fully saturated rings. The molecule has 3 nitrogen and oxygen atoms in total. The minimum atomic E-state index is 0.592. The maximum absolute atomic E-state index is 6.21. The van der Waals surface area contributed by atoms with E-state index >= 15 is 0 Å². The molecular weight excluding hydrogens is 270 g/mol. The van der Waals surface area contributed by atoms with Gasteiger partial charge in [-0.25, -0.2) is 4.68 Å². The Balaban J connectivity index is 2.13. The van der Waals surface area contributed by atoms with Gasteiger partial charge in [0.25, 0.3) is 0 Å². The van der Waals surface area contributed by atoms with E-state index in [1.54, 1.807) is 4.68 Å². The molecule has 0 aliphatic heterocycles. The predicted molar refractivity (Wildman–Crippen MR) is 83.2 cm³/mol. The van der Waals surface area contributed by atoms with Crippen molar-refractivity contribution in [3.8, 4) is 16.9 Å². The minimum Gasteiger partial charge on any atom is -0.384 e. The molecule has 0 bridgehead atoms. The van der Waals surface area contributed by atoms with Crippen LogP contribution in [0.25, 0.3) is 16.9 Å². The molecule has 100 valence electrons. The van der Waals surface area contributed by atoms with E-state index in [2.05, 4.69) is 5.10 Å². The number of para-hydroxylation sites is 1. The monoisotopic (exact) mass is 283 g/mol. The molecule has 3 rings (SSSR count). The van der Waals surface area contributed by atoms with Gasteiger partial charge in [0.15, 0.2) is 0 Å². The molecule has 2 aromatic carbocycles. The maximum atomic E-state index is 6.21. The van der Waals surface area contributed by atoms with Gasteiger partial charge in [-0.2, -0.15) is 5.10 Å². The topological polar surface area (TPSA) is 43.8 Å². The molecule has 0 unspecified atom stereocenters. The third-order valence-corrected chi connectivity index (χ3v) is 3.56. The number of hydrogen-bond acceptors (Lipinski definition) is 2. The molecule has 0 aliphatic carbocycles. The number of aryl methyl sites for hydroxylation is 1. The number of aromatic nitrogens is 2. The zero-order valence-electron chi connectivity index (χ0n) is 11.0. The van der Waals surface area contributed by atoms with Crippen LogP contribution in [-0.4, -0.2) is 9.78 Å². The molecule has 0 atom stereocenters. The molecule has 1 heterocycles. The Labute approximate surface area is 122 Å². The minimum absolute atomic E-state index is 0.592. The molecule has 3 aromatic rings. The first kappa shape index (κ1) is 12.8. The highest BCUT2D eigenvalue weighted by Gasteiger charge is 2.12. The van der Waals surface area contributed by atoms with Gasteiger partial charge in [-0.3, -0.25) is 0 Å². The summed E-state index contributed by atoms with van der Waals surface area (Å²) in [4.78, 5) is 0. The number of rotatable bonds is 2. The van der Waals surface area contributed by atoms with Crippen LogP contribution < -0.4 is 5.73 Å². The first-order valence-electron chi connectivity index (χ1n) is 6.33. The largest absolute Gasteiger partial charge is 0.384 e. The van der Waals surface area contributed by atoms with E-state index < -0.39 is 0 Å². The van der Waals surface area contributed by atoms with Gasteiger partial charge in [0, 0.05) is 11.6 Å². The molecule has 1 aromatic heterocycles. The Morgan fingerprint density at radius 3 is 2.50 bits per heavy atom. The second-order valence-electron chi connectivity index (χ2n) is 4.63. The molecule has 0 aliphatic rings. The molecular formula is C16H14ClN3. The van der Waals surface area contributed by atoms with E-state index in [-0.39, 0.29) is 0 Å². The van der Waals surface area contributed by atoms with Crippen LogP contribution in [0.15, 0.2) is 54.6 Å². The molecule has 0 spiro atoms. The van der Waals surface area contributed by atoms with Crippen LogP contribution in [0.2, 0.25) is 5.02 Å². The smallest absolute Gasteiger partial charge is 0.127 e. The molecule has 4 heteroatoms. The van der Waals surface area contributed by atoms with Crippen LogP contribution in [0.4, 0.5) is 5.82 Å². The molecule has 2 N–H and O–H groups in total. The normalized spacial score (nSPS) is 10.7. The lowest BCUT2D eigenvalue weighted by molar-refractivity contribution is 0.887. The second kappa shape index (κ2) is 5.02. The van der Waals surface area contributed by atoms with E-state index in [0.29, 0.717) is 10.8 Å². The van der Waals surface area contributed by atoms with Gasteiger partial charge >= 0.3 is 0 Å². The predicted octanol–water partition coefficient (Wildman–Crippen LogP) is 4.08. The van der Waals surface area contributed by atoms with Crippen molar-refractivity contribution in [2.24, 2.45) is 0 Å². The van der Waals surface area contributed by atoms with E-state index in [1.807, 2.05) is 61.5 Å². The van der Waals surface area contributed by atoms with Crippen molar-refractivity contribution in [2.75, 3.05) is 5.73 Å². The first-order chi connectivity index (χ1) is 9.66. The van der Waals surface area contributed by atoms with Crippen LogP contribution in [0.5, 0.6) is 0 Å². The summed E-state index contributed by atoms with van der Waals surface area (Å²) in [6.07, 6.45) is 0. The summed E-state index contributed by atoms with van der Waals surface area (Å²) in [6.45, 7) is 2.03. The SMILES string of the molecule is Cc1ccccc1-n1nc(-c2ccccc2Cl)cc1N. The third kappa shape index (κ3) is 2.17. The lowest BCUT2D eigenvalue weighted by Crippen LogP contribution is -2.03. The zero-order valence-corrected chi connectivity index (χ0v) is 11.8. The number of hydrogen-bond donors (Lipinski definition) is 1. The van der Waals surface area contributed by atoms with Crippen molar-refractivity contribution in [3.05, 3.63) is 65.2 Å². The summed E-state index contributed by atoms with van der Waals surface area (Å²) in [5.41, 5.74) is 9.84. The van der Waals surface area contributed by atoms with Crippen molar-refractivity contribution < 1.29 is 0 Å². The van der Waals surface area contributed by atoms with Gasteiger partial charge in [-0.15, -0.1) is 0 Å². The van der Waals surface area contributed by atoms with Crippen molar-refractivity contribution in [1.29, 1.82) is 0 Å². The van der Waals surface area contributed by atoms with Crippen molar-refractivity contribution in [3.63, 3.8) is 0 Å². The second-order valence-corrected chi connectivity index (χ2v) is 5.04. The highest BCUT2D eigenvalue weighted by atomic mass is 35.5. The summed E-state index contributed by atoms with van der Waals surface area (Å²) < 4.78 is 1.74. The van der Waals surface area contributed by atoms with Crippen LogP contribution >= 0.6 is 11.6 Å². The van der Waals surface area contributed by atoms with Gasteiger partial charge < -0.3 is 5.73 Å². The number of anilines is 1. The maximum Gasteiger partial charge on any atom is 0.127 e. The van der Waals surface area contributed by atoms with Crippen LogP contribution in [0.1, 0.15) is 5.56 Å². The zero-order chi connectivity index (χ0) is 14.1. The van der Waals surface area contributed by atoms with E-state index in [4.69, 9.17) is 17.3 Å². The molecule has 0 saturated carbocycles. The number of nitrogens with two attached hydrogens (primary N) is 1. The van der Waals surface area contributed by atoms with Crippen molar-refractivity contribution in [2.45, 2.75) is 6.92 Å². The summed E-state index contributed by atoms with van der Waals surface area (Å²) in [5, 5.41) is 5.25. The first-order valence-corrected chi connectivity index (χ1v) is 6.71. The Morgan fingerprint density at radius 2 is 1.75 bits per heavy atom. The highest BCUT2D eigenvalue weighted by Crippen LogP contribution is 2.29. The van der Waals surface area contributed by atoms with Crippen LogP contribution in [0, 0.1) is 6.92 Å². The standard InChI is InChI=1S/C16H14ClN3/c1-11-6-2-5-9-15(11)20-16(18)10-14(19-20)12-7-3-4-8-13(12)17/h2-10H,18H2,1H3. The quantitative estimate of drug-likeness (QED) is 0.770. The average Bonchev–Trinajstić information content (AvgIpc) is 2.81. The van der Waals surface area contributed by atoms with E-state index in [1.165, 1.54) is 0 Å². The Morgan fingerprint density at radius 1 is 1.05 bits per heavy atom. The Kier molecular flexibility index (Phi) is 3.20. The lowest BCUT2D eigenvalue weighted by atomic mass is 10.1. The van der Waals surface area contributed by atoms with Gasteiger partial charge in [-0.1, -0.05) is 48.0 Å². The summed E-state index contributed by atoms with van der Waals surface area (Å²) in [6, 6.07) is 17.4. The summed E-state index contributed by atoms with van der Waals surface area (Å²) in [5.74, 6) is 0.592. The number of benzene rings is 2. The summed E-state index contributed by atoms with van der Waals surface area (Å²) in [7, 11) is 0. The summed E-state index contributed by atoms with van der Waals surface area (Å²) >= 11 is 6.21. The fourth-order valence-electron chi connectivity index (χ4n) is 2.19. The Hall–Kier alpha value is -2.26. The molecule has 0 radical (unpaired) electrons. The van der Waals surface area contributed by atoms with Gasteiger partial charge in [0.1, 0.15) is 5.82 Å². The lowest BCUT2D eigenvalue weighted by Gasteiger charge is -2.07. The van der Waals surface area contributed by atoms with Gasteiger partial charge in [-0.05, 0) is 24.6 Å². The van der Waals surface area contributed by atoms with Crippen LogP contribution in [-0.2, 0) is 0 Å². The number of nitrogen functional groups attached to an aromatic ring is 1. The van der Waals surface area contributed by atoms with Crippen molar-refractivity contribution >= 4 is 17.4 Å². The van der Waals surface area contributed by atoms with E-state index in [0.717, 1.165) is 22.5 Å². The van der Waals surface area contributed by atoms with Crippen molar-refractivity contribution in [1.82, 2.24) is 9.78 Å². The average molecular weight is 284 g/mol. The van der Waals surface area contributed by atoms with Gasteiger partial charge in [0.05, 0.1) is 16.4 Å². The fourth-order valence-corrected chi connectivity index (χ4v) is 2.42. The fraction of sp³-hybridized carbons (Fsp3) is 0.0625. The molecule has 20 heavy (non-hydrogen) atoms. The third-order valence-electron chi connectivity index (χ3n) is 3.23. The number of halogens is 1. The van der Waals surface area contributed by atoms with Crippen LogP contribution in [0.3, 0.4) is 0 Å². The Bertz CT molecular complexity index is 762. The van der Waals surface area contributed by atoms with E-state index in [9.17, 15) is 0 Å². The molecule has 0 saturated heterocycles. The highest BCUT2D eigenvalue weighted by molar-refractivity contribution is 6.33. The molecule has 0 amide bonds. The number of nitrogens with zero attached hydrogens (tertiary/aromatic N) is 2. The van der Waals surface area contributed by atoms with Gasteiger partial charge in [0.2, 0.25) is 0 Å².